The predicted molar refractivity (Wildman–Crippen MR) is 314 cm³/mol. The van der Waals surface area contributed by atoms with Crippen molar-refractivity contribution in [1.82, 2.24) is 5.32 Å². The molecule has 0 aliphatic carbocycles. The summed E-state index contributed by atoms with van der Waals surface area (Å²) in [5, 5.41) is 103. The Hall–Kier alpha value is -6.66. The van der Waals surface area contributed by atoms with Gasteiger partial charge in [-0.15, -0.1) is 0 Å². The van der Waals surface area contributed by atoms with Gasteiger partial charge in [-0.2, -0.15) is 11.8 Å². The van der Waals surface area contributed by atoms with Crippen LogP contribution in [0.4, 0.5) is 0 Å². The SMILES string of the molecule is CC(C)C[C@H](N)C(=O)O.CC(C)[C@H](N)C(=O)O.CSCC[C@H](N)C(=O)O.C[C@@H](O)[C@H](N)C(=O)O.NCCCC[C@H](N)C(=O)O.N[C@@H](CO)C(=O)O.N[C@@H](Cc1ccc(O)cc1)C(=O)O.N[C@@H](Cc1ccccc1)C(=O)O.O=C(O)[C@@H]1CCCN1. The maximum absolute atomic E-state index is 10.4. The van der Waals surface area contributed by atoms with Crippen molar-refractivity contribution in [3.05, 3.63) is 65.7 Å². The number of benzene rings is 2. The highest BCUT2D eigenvalue weighted by Gasteiger charge is 2.21. The summed E-state index contributed by atoms with van der Waals surface area (Å²) in [4.78, 5) is 90.7. The predicted octanol–water partition coefficient (Wildman–Crippen LogP) is -1.84. The van der Waals surface area contributed by atoms with Gasteiger partial charge in [0.2, 0.25) is 0 Å². The van der Waals surface area contributed by atoms with Crippen molar-refractivity contribution in [1.29, 1.82) is 0 Å². The Morgan fingerprint density at radius 1 is 0.548 bits per heavy atom. The molecule has 0 bridgehead atoms. The third kappa shape index (κ3) is 57.2. The second kappa shape index (κ2) is 54.3. The van der Waals surface area contributed by atoms with Gasteiger partial charge < -0.3 is 118 Å². The van der Waals surface area contributed by atoms with Gasteiger partial charge in [-0.1, -0.05) is 76.6 Å². The largest absolute Gasteiger partial charge is 0.508 e. The van der Waals surface area contributed by atoms with Gasteiger partial charge in [-0.25, -0.2) is 0 Å². The lowest BCUT2D eigenvalue weighted by atomic mass is 10.1. The first-order chi connectivity index (χ1) is 38.8. The van der Waals surface area contributed by atoms with Gasteiger partial charge in [0.25, 0.3) is 0 Å². The minimum Gasteiger partial charge on any atom is -0.508 e. The van der Waals surface area contributed by atoms with E-state index in [0.29, 0.717) is 38.1 Å². The van der Waals surface area contributed by atoms with Gasteiger partial charge in [0.05, 0.1) is 12.7 Å². The summed E-state index contributed by atoms with van der Waals surface area (Å²) in [7, 11) is 0. The van der Waals surface area contributed by atoms with E-state index in [2.05, 4.69) is 5.32 Å². The fraction of sp³-hybridized carbons (Fsp3) is 0.596. The van der Waals surface area contributed by atoms with Crippen LogP contribution in [0, 0.1) is 11.8 Å². The van der Waals surface area contributed by atoms with Crippen LogP contribution < -0.4 is 56.9 Å². The van der Waals surface area contributed by atoms with Crippen LogP contribution in [0.3, 0.4) is 0 Å². The molecule has 0 radical (unpaired) electrons. The van der Waals surface area contributed by atoms with Crippen LogP contribution in [0.5, 0.6) is 5.75 Å². The van der Waals surface area contributed by atoms with Crippen LogP contribution in [-0.2, 0) is 56.0 Å². The summed E-state index contributed by atoms with van der Waals surface area (Å²) in [6.07, 6.45) is 6.66. The van der Waals surface area contributed by atoms with Gasteiger partial charge in [-0.05, 0) is 118 Å². The van der Waals surface area contributed by atoms with Gasteiger partial charge in [0, 0.05) is 0 Å². The molecule has 0 unspecified atom stereocenters. The first-order valence-corrected chi connectivity index (χ1v) is 27.3. The summed E-state index contributed by atoms with van der Waals surface area (Å²) in [5.74, 6) is -7.40. The summed E-state index contributed by atoms with van der Waals surface area (Å²) in [6.45, 7) is 9.74. The number of carboxylic acid groups (broad SMARTS) is 9. The maximum atomic E-state index is 10.4. The van der Waals surface area contributed by atoms with Crippen LogP contribution in [-0.4, -0.2) is 207 Å². The number of carboxylic acids is 9. The van der Waals surface area contributed by atoms with Crippen LogP contribution in [0.2, 0.25) is 0 Å². The molecule has 486 valence electrons. The smallest absolute Gasteiger partial charge is 0.323 e. The molecule has 10 atom stereocenters. The van der Waals surface area contributed by atoms with E-state index in [9.17, 15) is 43.2 Å². The monoisotopic (exact) mass is 1230 g/mol. The maximum Gasteiger partial charge on any atom is 0.323 e. The lowest BCUT2D eigenvalue weighted by Crippen LogP contribution is -2.39. The van der Waals surface area contributed by atoms with Crippen molar-refractivity contribution in [2.45, 2.75) is 153 Å². The number of phenols is 1. The molecule has 2 aromatic carbocycles. The number of rotatable bonds is 25. The second-order valence-corrected chi connectivity index (χ2v) is 19.8. The molecule has 0 amide bonds. The Labute approximate surface area is 493 Å². The average Bonchev–Trinajstić information content (AvgIpc) is 3.98. The van der Waals surface area contributed by atoms with Crippen LogP contribution in [0.25, 0.3) is 0 Å². The van der Waals surface area contributed by atoms with E-state index >= 15 is 0 Å². The fourth-order valence-electron chi connectivity index (χ4n) is 5.00. The normalized spacial score (nSPS) is 14.9. The Morgan fingerprint density at radius 3 is 1.19 bits per heavy atom. The van der Waals surface area contributed by atoms with E-state index in [1.807, 2.05) is 50.4 Å². The van der Waals surface area contributed by atoms with Crippen molar-refractivity contribution < 1.29 is 104 Å². The number of hydrogen-bond donors (Lipinski definition) is 22. The van der Waals surface area contributed by atoms with E-state index in [4.69, 9.17) is 113 Å². The molecule has 1 saturated heterocycles. The molecule has 0 aromatic heterocycles. The lowest BCUT2D eigenvalue weighted by Gasteiger charge is -2.07. The quantitative estimate of drug-likeness (QED) is 0.0486. The first kappa shape index (κ1) is 88.6. The van der Waals surface area contributed by atoms with E-state index < -0.39 is 115 Å². The molecule has 1 heterocycles. The number of carbonyl (C=O) groups is 9. The molecule has 1 aliphatic heterocycles. The van der Waals surface area contributed by atoms with Crippen molar-refractivity contribution in [2.24, 2.45) is 63.4 Å². The number of hydrogen-bond acceptors (Lipinski definition) is 23. The third-order valence-corrected chi connectivity index (χ3v) is 10.9. The highest BCUT2D eigenvalue weighted by Crippen LogP contribution is 2.11. The van der Waals surface area contributed by atoms with E-state index in [1.54, 1.807) is 37.7 Å². The van der Waals surface area contributed by atoms with Crippen molar-refractivity contribution in [2.75, 3.05) is 31.7 Å². The van der Waals surface area contributed by atoms with Gasteiger partial charge >= 0.3 is 53.7 Å². The number of nitrogens with two attached hydrogens (primary N) is 9. The number of aromatic hydroxyl groups is 1. The zero-order valence-corrected chi connectivity index (χ0v) is 49.3. The molecule has 31 N–H and O–H groups in total. The lowest BCUT2D eigenvalue weighted by molar-refractivity contribution is -0.141. The number of nitrogens with one attached hydrogen (secondary N) is 1. The van der Waals surface area contributed by atoms with Crippen molar-refractivity contribution in [3.63, 3.8) is 0 Å². The third-order valence-electron chi connectivity index (χ3n) is 10.3. The van der Waals surface area contributed by atoms with Crippen LogP contribution in [0.15, 0.2) is 54.6 Å². The minimum atomic E-state index is -1.18. The Balaban J connectivity index is -0.000000205. The van der Waals surface area contributed by atoms with Crippen LogP contribution in [0.1, 0.15) is 90.7 Å². The summed E-state index contributed by atoms with van der Waals surface area (Å²) in [5.41, 5.74) is 48.1. The Morgan fingerprint density at radius 2 is 0.952 bits per heavy atom. The van der Waals surface area contributed by atoms with Crippen LogP contribution >= 0.6 is 11.8 Å². The molecule has 31 nitrogen and oxygen atoms in total. The highest BCUT2D eigenvalue weighted by atomic mass is 32.2. The van der Waals surface area contributed by atoms with Crippen molar-refractivity contribution in [3.8, 4) is 5.75 Å². The molecule has 32 heteroatoms. The molecular formula is C52H96N10O21S. The number of phenolic OH excluding ortho intramolecular Hbond substituents is 1. The molecule has 2 aromatic rings. The zero-order valence-electron chi connectivity index (χ0n) is 48.5. The average molecular weight is 1230 g/mol. The Kier molecular flexibility index (Phi) is 57.2. The topological polar surface area (TPSA) is 643 Å². The van der Waals surface area contributed by atoms with E-state index in [-0.39, 0.29) is 24.1 Å². The molecule has 0 saturated carbocycles. The second-order valence-electron chi connectivity index (χ2n) is 18.8. The Bertz CT molecular complexity index is 2060. The zero-order chi connectivity index (χ0) is 66.8. The van der Waals surface area contributed by atoms with Gasteiger partial charge in [-0.3, -0.25) is 43.2 Å². The standard InChI is InChI=1S/C9H11NO3.C9H11NO2.C6H14N2O2.C6H13NO2.C5H11NO2S.C5H9NO2.C5H11NO2.C4H9NO3.C3H7NO3/c10-8(9(12)13)5-6-1-3-7(11)4-2-6;10-8(9(11)12)6-7-4-2-1-3-5-7;7-4-2-1-3-5(8)6(9)10;1-4(2)3-5(7)6(8)9;1-9-3-2-4(6)5(7)8;7-5(8)4-2-1-3-6-4;1-3(2)4(6)5(7)8;1-2(6)3(5)4(7)8;4-2(1-5)3(6)7/h1-4,8,11H,5,10H2,(H,12,13);1-5,8H,6,10H2,(H,11,12);5H,1-4,7-8H2,(H,9,10);4-5H,3,7H2,1-2H3,(H,8,9);4H,2-3,6H2,1H3,(H,7,8);4,6H,1-3H2,(H,7,8);3-4H,6H2,1-2H3,(H,7,8);2-3,6H,5H2,1H3,(H,7,8);2,5H,1,4H2,(H,6,7)/t2*8-;2*5-;3*4-;2-,3+;2-/m000000010/s1. The van der Waals surface area contributed by atoms with Gasteiger partial charge in [0.15, 0.2) is 0 Å². The first-order valence-electron chi connectivity index (χ1n) is 25.9. The number of unbranched alkanes of at least 4 members (excludes halogenated alkanes) is 1. The number of aliphatic hydroxyl groups excluding tert-OH is 2. The van der Waals surface area contributed by atoms with E-state index in [0.717, 1.165) is 49.1 Å². The minimum absolute atomic E-state index is 0.0208. The van der Waals surface area contributed by atoms with Crippen molar-refractivity contribution >= 4 is 65.5 Å². The number of aliphatic carboxylic acids is 9. The fourth-order valence-corrected chi connectivity index (χ4v) is 5.49. The molecule has 3 rings (SSSR count). The molecule has 1 fully saturated rings. The number of aliphatic hydroxyl groups is 2. The highest BCUT2D eigenvalue weighted by molar-refractivity contribution is 7.98. The summed E-state index contributed by atoms with van der Waals surface area (Å²) < 4.78 is 0. The molecular weight excluding hydrogens is 1130 g/mol. The molecule has 0 spiro atoms. The van der Waals surface area contributed by atoms with E-state index in [1.165, 1.54) is 19.1 Å². The summed E-state index contributed by atoms with van der Waals surface area (Å²) >= 11 is 1.60. The van der Waals surface area contributed by atoms with Gasteiger partial charge in [0.1, 0.15) is 60.1 Å². The number of thioether (sulfide) groups is 1. The molecule has 84 heavy (non-hydrogen) atoms. The molecule has 1 aliphatic rings. The summed E-state index contributed by atoms with van der Waals surface area (Å²) in [6, 6.07) is 8.62.